The number of carbonyl (C=O) groups is 1. The molecule has 10 nitrogen and oxygen atoms in total. The summed E-state index contributed by atoms with van der Waals surface area (Å²) in [5.41, 5.74) is 1.15. The van der Waals surface area contributed by atoms with Crippen molar-refractivity contribution in [3.05, 3.63) is 41.5 Å². The predicted octanol–water partition coefficient (Wildman–Crippen LogP) is -0.583. The molecule has 1 fully saturated rings. The Morgan fingerprint density at radius 3 is 2.53 bits per heavy atom. The molecule has 1 aliphatic heterocycles. The van der Waals surface area contributed by atoms with Crippen LogP contribution in [-0.4, -0.2) is 87.1 Å². The van der Waals surface area contributed by atoms with Crippen LogP contribution in [0.5, 0.6) is 11.5 Å². The summed E-state index contributed by atoms with van der Waals surface area (Å²) < 4.78 is 15.6. The van der Waals surface area contributed by atoms with Gasteiger partial charge in [-0.3, -0.25) is 0 Å². The second-order valence-corrected chi connectivity index (χ2v) is 6.77. The molecule has 0 spiro atoms. The molecule has 10 heteroatoms. The van der Waals surface area contributed by atoms with Gasteiger partial charge in [0.05, 0.1) is 13.2 Å². The Morgan fingerprint density at radius 2 is 1.87 bits per heavy atom. The van der Waals surface area contributed by atoms with Gasteiger partial charge in [0.1, 0.15) is 31.0 Å². The van der Waals surface area contributed by atoms with Crippen LogP contribution in [0.25, 0.3) is 6.08 Å². The molecule has 166 valence electrons. The number of esters is 1. The number of carbonyl (C=O) groups excluding carboxylic acids is 1. The van der Waals surface area contributed by atoms with Crippen LogP contribution in [0.1, 0.15) is 12.5 Å². The summed E-state index contributed by atoms with van der Waals surface area (Å²) in [5, 5.41) is 57.1. The van der Waals surface area contributed by atoms with Gasteiger partial charge in [0, 0.05) is 6.08 Å². The SMILES string of the molecule is C/C(=C\COC(=O)/C=C/c1ccc(O)c(O)c1)CO[C@@H]1O[C@H](CO)[C@@H](O)[C@H](O)[C@H]1O. The van der Waals surface area contributed by atoms with E-state index >= 15 is 0 Å². The average molecular weight is 426 g/mol. The molecule has 5 atom stereocenters. The van der Waals surface area contributed by atoms with Crippen LogP contribution in [0.15, 0.2) is 35.9 Å². The Morgan fingerprint density at radius 1 is 1.13 bits per heavy atom. The molecule has 0 aromatic heterocycles. The fourth-order valence-electron chi connectivity index (χ4n) is 2.60. The first kappa shape index (κ1) is 23.8. The molecule has 0 unspecified atom stereocenters. The largest absolute Gasteiger partial charge is 0.504 e. The van der Waals surface area contributed by atoms with E-state index in [4.69, 9.17) is 19.3 Å². The number of rotatable bonds is 8. The fraction of sp³-hybridized carbons (Fsp3) is 0.450. The maximum atomic E-state index is 11.7. The van der Waals surface area contributed by atoms with E-state index in [-0.39, 0.29) is 24.7 Å². The first-order chi connectivity index (χ1) is 14.2. The zero-order valence-corrected chi connectivity index (χ0v) is 16.3. The van der Waals surface area contributed by atoms with E-state index in [0.29, 0.717) is 11.1 Å². The van der Waals surface area contributed by atoms with Gasteiger partial charge >= 0.3 is 5.97 Å². The summed E-state index contributed by atoms with van der Waals surface area (Å²) in [6, 6.07) is 4.10. The average Bonchev–Trinajstić information content (AvgIpc) is 2.72. The molecule has 0 bridgehead atoms. The Labute approximate surface area is 172 Å². The van der Waals surface area contributed by atoms with E-state index < -0.39 is 43.3 Å². The molecule has 1 aromatic rings. The summed E-state index contributed by atoms with van der Waals surface area (Å²) in [7, 11) is 0. The maximum Gasteiger partial charge on any atom is 0.331 e. The first-order valence-corrected chi connectivity index (χ1v) is 9.17. The summed E-state index contributed by atoms with van der Waals surface area (Å²) in [5.74, 6) is -1.19. The molecule has 1 aromatic carbocycles. The van der Waals surface area contributed by atoms with Crippen molar-refractivity contribution in [1.29, 1.82) is 0 Å². The highest BCUT2D eigenvalue weighted by Crippen LogP contribution is 2.25. The summed E-state index contributed by atoms with van der Waals surface area (Å²) in [4.78, 5) is 11.7. The van der Waals surface area contributed by atoms with Gasteiger partial charge in [-0.05, 0) is 42.3 Å². The van der Waals surface area contributed by atoms with Crippen LogP contribution in [-0.2, 0) is 19.0 Å². The van der Waals surface area contributed by atoms with E-state index in [9.17, 15) is 30.3 Å². The quantitative estimate of drug-likeness (QED) is 0.137. The minimum absolute atomic E-state index is 0.0110. The highest BCUT2D eigenvalue weighted by molar-refractivity contribution is 5.87. The van der Waals surface area contributed by atoms with Crippen LogP contribution in [0.3, 0.4) is 0 Å². The lowest BCUT2D eigenvalue weighted by Crippen LogP contribution is -2.59. The van der Waals surface area contributed by atoms with Crippen LogP contribution >= 0.6 is 0 Å². The molecule has 2 rings (SSSR count). The van der Waals surface area contributed by atoms with Crippen LogP contribution in [0.2, 0.25) is 0 Å². The molecule has 0 aliphatic carbocycles. The second kappa shape index (κ2) is 11.1. The third-order valence-electron chi connectivity index (χ3n) is 4.39. The van der Waals surface area contributed by atoms with Gasteiger partial charge < -0.3 is 44.8 Å². The first-order valence-electron chi connectivity index (χ1n) is 9.17. The smallest absolute Gasteiger partial charge is 0.331 e. The number of aromatic hydroxyl groups is 2. The number of ether oxygens (including phenoxy) is 3. The van der Waals surface area contributed by atoms with Crippen molar-refractivity contribution in [2.45, 2.75) is 37.6 Å². The number of hydrogen-bond donors (Lipinski definition) is 6. The number of benzene rings is 1. The van der Waals surface area contributed by atoms with E-state index in [0.717, 1.165) is 0 Å². The van der Waals surface area contributed by atoms with Crippen molar-refractivity contribution >= 4 is 12.0 Å². The van der Waals surface area contributed by atoms with Gasteiger partial charge in [-0.25, -0.2) is 4.79 Å². The van der Waals surface area contributed by atoms with Gasteiger partial charge in [-0.15, -0.1) is 0 Å². The molecule has 1 heterocycles. The molecule has 1 saturated heterocycles. The van der Waals surface area contributed by atoms with Gasteiger partial charge in [0.15, 0.2) is 17.8 Å². The van der Waals surface area contributed by atoms with Crippen LogP contribution in [0.4, 0.5) is 0 Å². The van der Waals surface area contributed by atoms with Gasteiger partial charge in [-0.1, -0.05) is 6.07 Å². The highest BCUT2D eigenvalue weighted by Gasteiger charge is 2.43. The Kier molecular flexibility index (Phi) is 8.78. The molecule has 0 amide bonds. The third-order valence-corrected chi connectivity index (χ3v) is 4.39. The zero-order chi connectivity index (χ0) is 22.3. The normalized spacial score (nSPS) is 27.4. The molecule has 6 N–H and O–H groups in total. The maximum absolute atomic E-state index is 11.7. The summed E-state index contributed by atoms with van der Waals surface area (Å²) >= 11 is 0. The minimum atomic E-state index is -1.52. The lowest BCUT2D eigenvalue weighted by atomic mass is 9.99. The van der Waals surface area contributed by atoms with Crippen molar-refractivity contribution in [2.24, 2.45) is 0 Å². The fourth-order valence-corrected chi connectivity index (χ4v) is 2.60. The van der Waals surface area contributed by atoms with Gasteiger partial charge in [0.25, 0.3) is 0 Å². The zero-order valence-electron chi connectivity index (χ0n) is 16.3. The van der Waals surface area contributed by atoms with Crippen molar-refractivity contribution in [3.63, 3.8) is 0 Å². The molecular formula is C20H26O10. The number of aliphatic hydroxyl groups is 4. The minimum Gasteiger partial charge on any atom is -0.504 e. The Balaban J connectivity index is 1.77. The topological polar surface area (TPSA) is 166 Å². The molecule has 30 heavy (non-hydrogen) atoms. The van der Waals surface area contributed by atoms with E-state index in [1.165, 1.54) is 30.4 Å². The third kappa shape index (κ3) is 6.52. The van der Waals surface area contributed by atoms with E-state index in [2.05, 4.69) is 0 Å². The monoisotopic (exact) mass is 426 g/mol. The molecule has 0 radical (unpaired) electrons. The van der Waals surface area contributed by atoms with Crippen molar-refractivity contribution in [2.75, 3.05) is 19.8 Å². The Hall–Kier alpha value is -2.47. The molecular weight excluding hydrogens is 400 g/mol. The number of aliphatic hydroxyl groups excluding tert-OH is 4. The van der Waals surface area contributed by atoms with Crippen LogP contribution in [0, 0.1) is 0 Å². The van der Waals surface area contributed by atoms with E-state index in [1.54, 1.807) is 13.0 Å². The predicted molar refractivity (Wildman–Crippen MR) is 103 cm³/mol. The Bertz CT molecular complexity index is 773. The van der Waals surface area contributed by atoms with Gasteiger partial charge in [-0.2, -0.15) is 0 Å². The number of hydrogen-bond acceptors (Lipinski definition) is 10. The van der Waals surface area contributed by atoms with Crippen molar-refractivity contribution in [3.8, 4) is 11.5 Å². The molecule has 0 saturated carbocycles. The molecule has 1 aliphatic rings. The van der Waals surface area contributed by atoms with Crippen molar-refractivity contribution < 1.29 is 49.6 Å². The van der Waals surface area contributed by atoms with Crippen LogP contribution < -0.4 is 0 Å². The van der Waals surface area contributed by atoms with E-state index in [1.807, 2.05) is 0 Å². The number of phenolic OH excluding ortho intramolecular Hbond substituents is 2. The lowest BCUT2D eigenvalue weighted by molar-refractivity contribution is -0.299. The van der Waals surface area contributed by atoms with Crippen molar-refractivity contribution in [1.82, 2.24) is 0 Å². The summed E-state index contributed by atoms with van der Waals surface area (Å²) in [6.45, 7) is 1.08. The van der Waals surface area contributed by atoms with Gasteiger partial charge in [0.2, 0.25) is 0 Å². The highest BCUT2D eigenvalue weighted by atomic mass is 16.7. The number of phenols is 2. The second-order valence-electron chi connectivity index (χ2n) is 6.77. The standard InChI is InChI=1S/C20H26O10/c1-11(10-29-20-19(27)18(26)17(25)15(9-21)30-20)6-7-28-16(24)5-3-12-2-4-13(22)14(23)8-12/h2-6,8,15,17-23,25-27H,7,9-10H2,1H3/b5-3+,11-6+/t15-,17-,18+,19-,20-/m1/s1. The summed E-state index contributed by atoms with van der Waals surface area (Å²) in [6.07, 6.45) is -2.61. The lowest BCUT2D eigenvalue weighted by Gasteiger charge is -2.39.